The molecule has 23 heavy (non-hydrogen) atoms. The standard InChI is InChI=1S/C18H23ClN2O2/c1-4-12(5-2)17-14(8-9-16(22)21-17)18(23)20-15-10-13(19)7-6-11(15)3/h4,7,10,14,17H,3,5-6,8-9H2,1-2H3,(H,20,23)(H,21,22)/b12-4+/t14-,17+/m0/s1. The van der Waals surface area contributed by atoms with Gasteiger partial charge in [0.1, 0.15) is 0 Å². The number of carbonyl (C=O) groups excluding carboxylic acids is 2. The van der Waals surface area contributed by atoms with Gasteiger partial charge in [-0.15, -0.1) is 0 Å². The first-order valence-electron chi connectivity index (χ1n) is 7.97. The molecule has 0 saturated carbocycles. The Morgan fingerprint density at radius 2 is 2.30 bits per heavy atom. The fourth-order valence-corrected chi connectivity index (χ4v) is 3.20. The number of rotatable bonds is 4. The summed E-state index contributed by atoms with van der Waals surface area (Å²) in [6.45, 7) is 7.92. The summed E-state index contributed by atoms with van der Waals surface area (Å²) in [6, 6.07) is -0.241. The molecule has 0 aromatic carbocycles. The normalized spacial score (nSPS) is 25.4. The highest BCUT2D eigenvalue weighted by molar-refractivity contribution is 6.31. The van der Waals surface area contributed by atoms with E-state index in [9.17, 15) is 9.59 Å². The first kappa shape index (κ1) is 17.5. The summed E-state index contributed by atoms with van der Waals surface area (Å²) in [5.41, 5.74) is 2.57. The summed E-state index contributed by atoms with van der Waals surface area (Å²) in [5.74, 6) is -0.377. The van der Waals surface area contributed by atoms with E-state index in [4.69, 9.17) is 11.6 Å². The lowest BCUT2D eigenvalue weighted by atomic mass is 9.83. The Morgan fingerprint density at radius 3 is 2.96 bits per heavy atom. The zero-order chi connectivity index (χ0) is 17.0. The van der Waals surface area contributed by atoms with Crippen LogP contribution in [0.25, 0.3) is 0 Å². The highest BCUT2D eigenvalue weighted by Crippen LogP contribution is 2.27. The van der Waals surface area contributed by atoms with Gasteiger partial charge in [-0.05, 0) is 37.8 Å². The van der Waals surface area contributed by atoms with Crippen LogP contribution in [0.5, 0.6) is 0 Å². The Balaban J connectivity index is 2.17. The molecular formula is C18H23ClN2O2. The minimum absolute atomic E-state index is 0.000815. The van der Waals surface area contributed by atoms with E-state index in [0.29, 0.717) is 30.0 Å². The molecule has 124 valence electrons. The number of carbonyl (C=O) groups is 2. The van der Waals surface area contributed by atoms with Crippen LogP contribution in [0.15, 0.2) is 46.7 Å². The van der Waals surface area contributed by atoms with Gasteiger partial charge in [0.15, 0.2) is 0 Å². The maximum Gasteiger partial charge on any atom is 0.229 e. The Hall–Kier alpha value is -1.81. The van der Waals surface area contributed by atoms with E-state index in [2.05, 4.69) is 17.2 Å². The van der Waals surface area contributed by atoms with Gasteiger partial charge in [-0.3, -0.25) is 9.59 Å². The van der Waals surface area contributed by atoms with E-state index < -0.39 is 0 Å². The monoisotopic (exact) mass is 334 g/mol. The van der Waals surface area contributed by atoms with E-state index in [0.717, 1.165) is 17.6 Å². The first-order valence-corrected chi connectivity index (χ1v) is 8.34. The molecule has 0 spiro atoms. The van der Waals surface area contributed by atoms with Gasteiger partial charge >= 0.3 is 0 Å². The van der Waals surface area contributed by atoms with E-state index in [1.165, 1.54) is 0 Å². The van der Waals surface area contributed by atoms with Gasteiger partial charge in [-0.25, -0.2) is 0 Å². The average Bonchev–Trinajstić information content (AvgIpc) is 2.52. The third-order valence-corrected chi connectivity index (χ3v) is 4.64. The van der Waals surface area contributed by atoms with Crippen LogP contribution in [0, 0.1) is 5.92 Å². The van der Waals surface area contributed by atoms with Crippen molar-refractivity contribution in [2.75, 3.05) is 0 Å². The molecule has 1 heterocycles. The number of hydrogen-bond donors (Lipinski definition) is 2. The van der Waals surface area contributed by atoms with E-state index in [1.54, 1.807) is 6.08 Å². The first-order chi connectivity index (χ1) is 11.0. The highest BCUT2D eigenvalue weighted by Gasteiger charge is 2.35. The lowest BCUT2D eigenvalue weighted by Gasteiger charge is -2.33. The number of nitrogens with one attached hydrogen (secondary N) is 2. The molecule has 4 nitrogen and oxygen atoms in total. The van der Waals surface area contributed by atoms with E-state index in [-0.39, 0.29) is 23.8 Å². The van der Waals surface area contributed by atoms with Crippen LogP contribution in [0.3, 0.4) is 0 Å². The zero-order valence-electron chi connectivity index (χ0n) is 13.6. The van der Waals surface area contributed by atoms with Crippen molar-refractivity contribution in [2.45, 2.75) is 45.6 Å². The van der Waals surface area contributed by atoms with E-state index >= 15 is 0 Å². The van der Waals surface area contributed by atoms with Crippen molar-refractivity contribution in [3.63, 3.8) is 0 Å². The van der Waals surface area contributed by atoms with Crippen molar-refractivity contribution in [1.82, 2.24) is 10.6 Å². The number of piperidine rings is 1. The Bertz CT molecular complexity index is 617. The van der Waals surface area contributed by atoms with Crippen molar-refractivity contribution >= 4 is 23.4 Å². The third kappa shape index (κ3) is 4.14. The van der Waals surface area contributed by atoms with Crippen LogP contribution in [-0.2, 0) is 9.59 Å². The second kappa shape index (κ2) is 7.64. The maximum atomic E-state index is 12.7. The summed E-state index contributed by atoms with van der Waals surface area (Å²) in [5, 5.41) is 6.50. The molecule has 0 unspecified atom stereocenters. The lowest BCUT2D eigenvalue weighted by Crippen LogP contribution is -2.51. The SMILES string of the molecule is C=C1CC=C(Cl)C=C1NC(=O)[C@H]1CCC(=O)N[C@@H]1/C(=C/C)CC. The van der Waals surface area contributed by atoms with Gasteiger partial charge in [0.25, 0.3) is 0 Å². The van der Waals surface area contributed by atoms with Crippen molar-refractivity contribution in [1.29, 1.82) is 0 Å². The fraction of sp³-hybridized carbons (Fsp3) is 0.444. The molecular weight excluding hydrogens is 312 g/mol. The Morgan fingerprint density at radius 1 is 1.57 bits per heavy atom. The second-order valence-corrected chi connectivity index (χ2v) is 6.29. The average molecular weight is 335 g/mol. The maximum absolute atomic E-state index is 12.7. The predicted molar refractivity (Wildman–Crippen MR) is 92.6 cm³/mol. The molecule has 2 atom stereocenters. The number of halogens is 1. The molecule has 0 aromatic heterocycles. The summed E-state index contributed by atoms with van der Waals surface area (Å²) in [4.78, 5) is 24.5. The van der Waals surface area contributed by atoms with Gasteiger partial charge in [0, 0.05) is 17.2 Å². The molecule has 2 aliphatic rings. The second-order valence-electron chi connectivity index (χ2n) is 5.85. The van der Waals surface area contributed by atoms with E-state index in [1.807, 2.05) is 26.0 Å². The van der Waals surface area contributed by atoms with Crippen molar-refractivity contribution in [2.24, 2.45) is 5.92 Å². The molecule has 5 heteroatoms. The molecule has 1 aliphatic heterocycles. The quantitative estimate of drug-likeness (QED) is 0.775. The minimum Gasteiger partial charge on any atom is -0.349 e. The summed E-state index contributed by atoms with van der Waals surface area (Å²) in [7, 11) is 0. The van der Waals surface area contributed by atoms with Gasteiger partial charge in [0.2, 0.25) is 11.8 Å². The number of amides is 2. The number of hydrogen-bond acceptors (Lipinski definition) is 2. The van der Waals surface area contributed by atoms with Crippen molar-refractivity contribution in [3.8, 4) is 0 Å². The van der Waals surface area contributed by atoms with Gasteiger partial charge in [-0.2, -0.15) is 0 Å². The van der Waals surface area contributed by atoms with Crippen LogP contribution in [0.4, 0.5) is 0 Å². The summed E-state index contributed by atoms with van der Waals surface area (Å²) < 4.78 is 0. The summed E-state index contributed by atoms with van der Waals surface area (Å²) >= 11 is 6.02. The van der Waals surface area contributed by atoms with Gasteiger partial charge < -0.3 is 10.6 Å². The summed E-state index contributed by atoms with van der Waals surface area (Å²) in [6.07, 6.45) is 7.91. The zero-order valence-corrected chi connectivity index (χ0v) is 14.4. The smallest absolute Gasteiger partial charge is 0.229 e. The molecule has 0 aromatic rings. The molecule has 1 saturated heterocycles. The lowest BCUT2D eigenvalue weighted by molar-refractivity contribution is -0.130. The van der Waals surface area contributed by atoms with Crippen LogP contribution in [0.1, 0.15) is 39.5 Å². The highest BCUT2D eigenvalue weighted by atomic mass is 35.5. The largest absolute Gasteiger partial charge is 0.349 e. The van der Waals surface area contributed by atoms with Crippen molar-refractivity contribution in [3.05, 3.63) is 46.7 Å². The van der Waals surface area contributed by atoms with Crippen LogP contribution in [0.2, 0.25) is 0 Å². The fourth-order valence-electron chi connectivity index (χ4n) is 3.02. The minimum atomic E-state index is -0.280. The molecule has 2 amide bonds. The molecule has 2 N–H and O–H groups in total. The van der Waals surface area contributed by atoms with Crippen LogP contribution >= 0.6 is 11.6 Å². The third-order valence-electron chi connectivity index (χ3n) is 4.38. The number of allylic oxidation sites excluding steroid dienone is 5. The Labute approximate surface area is 142 Å². The molecule has 1 fully saturated rings. The molecule has 1 aliphatic carbocycles. The van der Waals surface area contributed by atoms with Gasteiger partial charge in [0.05, 0.1) is 12.0 Å². The van der Waals surface area contributed by atoms with Crippen LogP contribution in [-0.4, -0.2) is 17.9 Å². The topological polar surface area (TPSA) is 58.2 Å². The molecule has 0 bridgehead atoms. The Kier molecular flexibility index (Phi) is 5.83. The molecule has 0 radical (unpaired) electrons. The van der Waals surface area contributed by atoms with Crippen molar-refractivity contribution < 1.29 is 9.59 Å². The predicted octanol–water partition coefficient (Wildman–Crippen LogP) is 3.32. The van der Waals surface area contributed by atoms with Crippen LogP contribution < -0.4 is 10.6 Å². The molecule has 2 rings (SSSR count). The van der Waals surface area contributed by atoms with Gasteiger partial charge in [-0.1, -0.05) is 42.8 Å².